The number of alkyl halides is 3. The predicted molar refractivity (Wildman–Crippen MR) is 137 cm³/mol. The summed E-state index contributed by atoms with van der Waals surface area (Å²) in [6.45, 7) is 0.402. The van der Waals surface area contributed by atoms with Crippen LogP contribution in [0, 0.1) is 0 Å². The highest BCUT2D eigenvalue weighted by Crippen LogP contribution is 2.34. The average Bonchev–Trinajstić information content (AvgIpc) is 2.89. The summed E-state index contributed by atoms with van der Waals surface area (Å²) < 4.78 is 40.6. The number of aliphatic hydroxyl groups is 1. The normalized spacial score (nSPS) is 15.8. The molecule has 4 rings (SSSR count). The topological polar surface area (TPSA) is 69.6 Å². The van der Waals surface area contributed by atoms with Crippen molar-refractivity contribution >= 4 is 33.8 Å². The van der Waals surface area contributed by atoms with Crippen LogP contribution in [0.5, 0.6) is 0 Å². The van der Waals surface area contributed by atoms with Crippen molar-refractivity contribution in [3.05, 3.63) is 111 Å². The number of benzene rings is 3. The second-order valence-corrected chi connectivity index (χ2v) is 9.75. The van der Waals surface area contributed by atoms with E-state index in [0.29, 0.717) is 5.56 Å². The minimum absolute atomic E-state index is 0.120. The first-order chi connectivity index (χ1) is 17.5. The molecule has 0 aromatic heterocycles. The van der Waals surface area contributed by atoms with Gasteiger partial charge in [-0.05, 0) is 66.4 Å². The van der Waals surface area contributed by atoms with Crippen LogP contribution in [0.4, 0.5) is 13.2 Å². The van der Waals surface area contributed by atoms with E-state index in [0.717, 1.165) is 22.2 Å². The lowest BCUT2D eigenvalue weighted by atomic mass is 9.84. The maximum Gasteiger partial charge on any atom is 0.416 e. The Labute approximate surface area is 220 Å². The molecule has 1 fully saturated rings. The van der Waals surface area contributed by atoms with Gasteiger partial charge in [0.05, 0.1) is 11.2 Å². The number of nitrogens with zero attached hydrogens (tertiary/aromatic N) is 1. The van der Waals surface area contributed by atoms with Gasteiger partial charge in [0, 0.05) is 23.1 Å². The van der Waals surface area contributed by atoms with Crippen molar-refractivity contribution in [3.8, 4) is 0 Å². The largest absolute Gasteiger partial charge is 0.416 e. The molecular weight excluding hydrogens is 549 g/mol. The number of carbonyl (C=O) groups is 2. The molecule has 2 amide bonds. The minimum Gasteiger partial charge on any atom is -0.385 e. The summed E-state index contributed by atoms with van der Waals surface area (Å²) in [7, 11) is 0. The summed E-state index contributed by atoms with van der Waals surface area (Å²) in [5.74, 6) is -1.10. The molecule has 1 aliphatic heterocycles. The number of piperidine rings is 1. The van der Waals surface area contributed by atoms with Crippen molar-refractivity contribution in [1.82, 2.24) is 10.2 Å². The van der Waals surface area contributed by atoms with E-state index >= 15 is 0 Å². The second kappa shape index (κ2) is 10.9. The van der Waals surface area contributed by atoms with Crippen LogP contribution in [0.25, 0.3) is 6.08 Å². The smallest absolute Gasteiger partial charge is 0.385 e. The maximum atomic E-state index is 13.5. The van der Waals surface area contributed by atoms with Crippen LogP contribution in [0.15, 0.2) is 89.0 Å². The fourth-order valence-electron chi connectivity index (χ4n) is 4.21. The molecule has 0 spiro atoms. The Morgan fingerprint density at radius 2 is 1.59 bits per heavy atom. The van der Waals surface area contributed by atoms with Gasteiger partial charge in [-0.15, -0.1) is 0 Å². The summed E-state index contributed by atoms with van der Waals surface area (Å²) in [4.78, 5) is 27.8. The number of amides is 2. The van der Waals surface area contributed by atoms with E-state index in [1.54, 1.807) is 30.3 Å². The number of hydrogen-bond donors (Lipinski definition) is 2. The van der Waals surface area contributed by atoms with Crippen LogP contribution in [-0.2, 0) is 16.6 Å². The zero-order valence-electron chi connectivity index (χ0n) is 19.6. The Balaban J connectivity index is 1.59. The summed E-state index contributed by atoms with van der Waals surface area (Å²) in [5, 5.41) is 13.7. The molecule has 1 aliphatic rings. The predicted octanol–water partition coefficient (Wildman–Crippen LogP) is 5.75. The highest BCUT2D eigenvalue weighted by molar-refractivity contribution is 9.10. The summed E-state index contributed by atoms with van der Waals surface area (Å²) in [6.07, 6.45) is -2.77. The molecular formula is C28H24BrF3N2O3. The lowest BCUT2D eigenvalue weighted by Gasteiger charge is -2.38. The Morgan fingerprint density at radius 3 is 2.22 bits per heavy atom. The van der Waals surface area contributed by atoms with E-state index in [-0.39, 0.29) is 37.2 Å². The third kappa shape index (κ3) is 6.47. The van der Waals surface area contributed by atoms with Gasteiger partial charge in [0.15, 0.2) is 0 Å². The van der Waals surface area contributed by atoms with Gasteiger partial charge in [-0.25, -0.2) is 0 Å². The monoisotopic (exact) mass is 572 g/mol. The zero-order chi connectivity index (χ0) is 26.6. The molecule has 2 N–H and O–H groups in total. The molecule has 0 aliphatic carbocycles. The molecule has 0 bridgehead atoms. The number of nitrogens with one attached hydrogen (secondary N) is 1. The number of halogens is 4. The van der Waals surface area contributed by atoms with Crippen molar-refractivity contribution in [3.63, 3.8) is 0 Å². The molecule has 0 atom stereocenters. The number of carbonyl (C=O) groups excluding carboxylic acids is 2. The highest BCUT2D eigenvalue weighted by atomic mass is 79.9. The number of likely N-dealkylation sites (tertiary alicyclic amines) is 1. The quantitative estimate of drug-likeness (QED) is 0.382. The molecule has 192 valence electrons. The SMILES string of the molecule is O=C(NC(=Cc1cccc(C(F)(F)F)c1)C(=O)N1CCC(O)(c2ccc(Br)cc2)CC1)c1ccccc1. The van der Waals surface area contributed by atoms with E-state index in [2.05, 4.69) is 21.2 Å². The van der Waals surface area contributed by atoms with Crippen LogP contribution in [0.3, 0.4) is 0 Å². The molecule has 1 heterocycles. The van der Waals surface area contributed by atoms with E-state index < -0.39 is 29.2 Å². The van der Waals surface area contributed by atoms with E-state index in [1.807, 2.05) is 24.3 Å². The molecule has 9 heteroatoms. The minimum atomic E-state index is -4.55. The van der Waals surface area contributed by atoms with Gasteiger partial charge in [0.2, 0.25) is 0 Å². The van der Waals surface area contributed by atoms with Gasteiger partial charge >= 0.3 is 6.18 Å². The van der Waals surface area contributed by atoms with Gasteiger partial charge in [-0.1, -0.05) is 58.4 Å². The molecule has 3 aromatic rings. The first-order valence-corrected chi connectivity index (χ1v) is 12.4. The van der Waals surface area contributed by atoms with Crippen molar-refractivity contribution in [2.24, 2.45) is 0 Å². The van der Waals surface area contributed by atoms with Crippen LogP contribution in [0.1, 0.15) is 39.9 Å². The Hall–Kier alpha value is -3.43. The Bertz CT molecular complexity index is 1300. The number of rotatable bonds is 5. The van der Waals surface area contributed by atoms with Gasteiger partial charge < -0.3 is 15.3 Å². The third-order valence-electron chi connectivity index (χ3n) is 6.30. The molecule has 3 aromatic carbocycles. The molecule has 1 saturated heterocycles. The second-order valence-electron chi connectivity index (χ2n) is 8.83. The van der Waals surface area contributed by atoms with Crippen LogP contribution < -0.4 is 5.32 Å². The third-order valence-corrected chi connectivity index (χ3v) is 6.83. The molecule has 37 heavy (non-hydrogen) atoms. The Kier molecular flexibility index (Phi) is 7.85. The highest BCUT2D eigenvalue weighted by Gasteiger charge is 2.36. The van der Waals surface area contributed by atoms with Gasteiger partial charge in [-0.3, -0.25) is 9.59 Å². The summed E-state index contributed by atoms with van der Waals surface area (Å²) in [6, 6.07) is 20.1. The van der Waals surface area contributed by atoms with Crippen LogP contribution in [-0.4, -0.2) is 34.9 Å². The molecule has 0 radical (unpaired) electrons. The fraction of sp³-hybridized carbons (Fsp3) is 0.214. The summed E-state index contributed by atoms with van der Waals surface area (Å²) in [5.41, 5.74) is -0.971. The lowest BCUT2D eigenvalue weighted by molar-refractivity contribution is -0.137. The molecule has 0 unspecified atom stereocenters. The average molecular weight is 573 g/mol. The zero-order valence-corrected chi connectivity index (χ0v) is 21.2. The lowest BCUT2D eigenvalue weighted by Crippen LogP contribution is -2.47. The van der Waals surface area contributed by atoms with Gasteiger partial charge in [0.25, 0.3) is 11.8 Å². The van der Waals surface area contributed by atoms with Crippen molar-refractivity contribution in [1.29, 1.82) is 0 Å². The van der Waals surface area contributed by atoms with Crippen molar-refractivity contribution < 1.29 is 27.9 Å². The maximum absolute atomic E-state index is 13.5. The van der Waals surface area contributed by atoms with Crippen LogP contribution in [0.2, 0.25) is 0 Å². The fourth-order valence-corrected chi connectivity index (χ4v) is 4.47. The Morgan fingerprint density at radius 1 is 0.946 bits per heavy atom. The molecule has 0 saturated carbocycles. The van der Waals surface area contributed by atoms with E-state index in [1.165, 1.54) is 23.1 Å². The van der Waals surface area contributed by atoms with Crippen molar-refractivity contribution in [2.75, 3.05) is 13.1 Å². The first kappa shape index (κ1) is 26.6. The number of hydrogen-bond acceptors (Lipinski definition) is 3. The van der Waals surface area contributed by atoms with Crippen LogP contribution >= 0.6 is 15.9 Å². The summed E-state index contributed by atoms with van der Waals surface area (Å²) >= 11 is 3.37. The first-order valence-electron chi connectivity index (χ1n) is 11.6. The van der Waals surface area contributed by atoms with Gasteiger partial charge in [-0.2, -0.15) is 13.2 Å². The van der Waals surface area contributed by atoms with Gasteiger partial charge in [0.1, 0.15) is 5.70 Å². The standard InChI is InChI=1S/C28H24BrF3N2O3/c29-23-11-9-21(10-12-23)27(37)13-15-34(16-14-27)26(36)24(33-25(35)20-6-2-1-3-7-20)18-19-5-4-8-22(17-19)28(30,31)32/h1-12,17-18,37H,13-16H2,(H,33,35). The van der Waals surface area contributed by atoms with E-state index in [9.17, 15) is 27.9 Å². The van der Waals surface area contributed by atoms with E-state index in [4.69, 9.17) is 0 Å². The van der Waals surface area contributed by atoms with Crippen molar-refractivity contribution in [2.45, 2.75) is 24.6 Å². The molecule has 5 nitrogen and oxygen atoms in total.